The van der Waals surface area contributed by atoms with Gasteiger partial charge in [0, 0.05) is 43.6 Å². The Kier molecular flexibility index (Phi) is 6.89. The first-order chi connectivity index (χ1) is 28.3. The number of fused-ring (bicyclic) bond motifs is 11. The lowest BCUT2D eigenvalue weighted by Gasteiger charge is -2.29. The molecule has 0 aliphatic carbocycles. The van der Waals surface area contributed by atoms with E-state index >= 15 is 0 Å². The molecule has 0 saturated heterocycles. The number of hydrogen-bond donors (Lipinski definition) is 0. The van der Waals surface area contributed by atoms with Crippen LogP contribution in [0, 0.1) is 0 Å². The van der Waals surface area contributed by atoms with Crippen molar-refractivity contribution in [1.29, 1.82) is 0 Å². The maximum atomic E-state index is 6.67. The highest BCUT2D eigenvalue weighted by Crippen LogP contribution is 2.47. The van der Waals surface area contributed by atoms with E-state index < -0.39 is 0 Å². The van der Waals surface area contributed by atoms with Gasteiger partial charge in [-0.25, -0.2) is 4.98 Å². The van der Waals surface area contributed by atoms with Crippen LogP contribution in [-0.2, 0) is 0 Å². The molecule has 2 heterocycles. The summed E-state index contributed by atoms with van der Waals surface area (Å²) in [7, 11) is 0. The smallest absolute Gasteiger partial charge is 0.227 e. The van der Waals surface area contributed by atoms with E-state index in [0.717, 1.165) is 93.4 Å². The van der Waals surface area contributed by atoms with Crippen molar-refractivity contribution in [2.45, 2.75) is 0 Å². The van der Waals surface area contributed by atoms with Crippen LogP contribution in [-0.4, -0.2) is 4.98 Å². The standard InChI is InChI=1S/C53H32N2O2/c1-3-12-33(13-4-1)38-28-30-47(40-17-8-7-16-39(38)40)55(37-26-31-49-44(32-37)42-18-9-10-21-48(42)56-49)46-20-11-19-43-41(46)27-24-34-22-23-35-25-29-45-52(51(35)50(34)43)57-53(54-45)36-14-5-2-6-15-36/h1-32H. The molecule has 0 aliphatic rings. The maximum absolute atomic E-state index is 6.67. The molecule has 0 aliphatic heterocycles. The zero-order valence-corrected chi connectivity index (χ0v) is 30.7. The van der Waals surface area contributed by atoms with Gasteiger partial charge in [-0.3, -0.25) is 0 Å². The van der Waals surface area contributed by atoms with Crippen molar-refractivity contribution >= 4 is 93.2 Å². The highest BCUT2D eigenvalue weighted by Gasteiger charge is 2.22. The minimum absolute atomic E-state index is 0.621. The third kappa shape index (κ3) is 4.91. The predicted molar refractivity (Wildman–Crippen MR) is 237 cm³/mol. The minimum Gasteiger partial charge on any atom is -0.456 e. The van der Waals surface area contributed by atoms with Crippen molar-refractivity contribution in [2.24, 2.45) is 0 Å². The Hall–Kier alpha value is -7.69. The van der Waals surface area contributed by atoms with Crippen molar-refractivity contribution < 1.29 is 8.83 Å². The number of hydrogen-bond acceptors (Lipinski definition) is 4. The molecule has 4 heteroatoms. The fourth-order valence-electron chi connectivity index (χ4n) is 8.87. The molecule has 12 aromatic rings. The Bertz CT molecular complexity index is 3530. The van der Waals surface area contributed by atoms with E-state index in [0.29, 0.717) is 5.89 Å². The van der Waals surface area contributed by atoms with Crippen molar-refractivity contribution in [3.05, 3.63) is 194 Å². The van der Waals surface area contributed by atoms with Crippen LogP contribution in [0.1, 0.15) is 0 Å². The van der Waals surface area contributed by atoms with E-state index in [1.807, 2.05) is 42.5 Å². The third-order valence-corrected chi connectivity index (χ3v) is 11.5. The molecule has 0 fully saturated rings. The lowest BCUT2D eigenvalue weighted by Crippen LogP contribution is -2.11. The number of nitrogens with zero attached hydrogens (tertiary/aromatic N) is 2. The topological polar surface area (TPSA) is 42.4 Å². The summed E-state index contributed by atoms with van der Waals surface area (Å²) in [4.78, 5) is 7.39. The Morgan fingerprint density at radius 1 is 0.386 bits per heavy atom. The second-order valence-corrected chi connectivity index (χ2v) is 14.7. The molecule has 0 radical (unpaired) electrons. The number of benzene rings is 10. The average molecular weight is 729 g/mol. The number of anilines is 3. The van der Waals surface area contributed by atoms with Gasteiger partial charge in [0.1, 0.15) is 16.7 Å². The van der Waals surface area contributed by atoms with Crippen LogP contribution >= 0.6 is 0 Å². The summed E-state index contributed by atoms with van der Waals surface area (Å²) in [6, 6.07) is 68.8. The summed E-state index contributed by atoms with van der Waals surface area (Å²) in [6.07, 6.45) is 0. The van der Waals surface area contributed by atoms with Gasteiger partial charge in [-0.1, -0.05) is 140 Å². The van der Waals surface area contributed by atoms with Crippen molar-refractivity contribution in [2.75, 3.05) is 4.90 Å². The Morgan fingerprint density at radius 2 is 1.02 bits per heavy atom. The zero-order valence-electron chi connectivity index (χ0n) is 30.7. The van der Waals surface area contributed by atoms with Gasteiger partial charge in [0.2, 0.25) is 5.89 Å². The predicted octanol–water partition coefficient (Wildman–Crippen LogP) is 15.1. The molecule has 57 heavy (non-hydrogen) atoms. The van der Waals surface area contributed by atoms with Crippen LogP contribution < -0.4 is 4.90 Å². The van der Waals surface area contributed by atoms with Gasteiger partial charge >= 0.3 is 0 Å². The van der Waals surface area contributed by atoms with Crippen LogP contribution in [0.3, 0.4) is 0 Å². The molecular weight excluding hydrogens is 697 g/mol. The van der Waals surface area contributed by atoms with Gasteiger partial charge in [0.15, 0.2) is 5.58 Å². The molecule has 4 nitrogen and oxygen atoms in total. The molecule has 0 unspecified atom stereocenters. The van der Waals surface area contributed by atoms with Crippen LogP contribution in [0.2, 0.25) is 0 Å². The number of para-hydroxylation sites is 1. The summed E-state index contributed by atoms with van der Waals surface area (Å²) in [6.45, 7) is 0. The second-order valence-electron chi connectivity index (χ2n) is 14.7. The third-order valence-electron chi connectivity index (χ3n) is 11.5. The second kappa shape index (κ2) is 12.4. The minimum atomic E-state index is 0.621. The van der Waals surface area contributed by atoms with E-state index in [1.165, 1.54) is 16.5 Å². The molecule has 10 aromatic carbocycles. The fraction of sp³-hybridized carbons (Fsp3) is 0. The monoisotopic (exact) mass is 728 g/mol. The van der Waals surface area contributed by atoms with E-state index in [-0.39, 0.29) is 0 Å². The van der Waals surface area contributed by atoms with Crippen LogP contribution in [0.4, 0.5) is 17.1 Å². The molecule has 266 valence electrons. The normalized spacial score (nSPS) is 11.9. The van der Waals surface area contributed by atoms with E-state index in [9.17, 15) is 0 Å². The summed E-state index contributed by atoms with van der Waals surface area (Å²) < 4.78 is 13.0. The van der Waals surface area contributed by atoms with Gasteiger partial charge in [0.25, 0.3) is 0 Å². The first kappa shape index (κ1) is 31.6. The Morgan fingerprint density at radius 3 is 1.86 bits per heavy atom. The van der Waals surface area contributed by atoms with Crippen LogP contribution in [0.25, 0.3) is 98.7 Å². The molecule has 0 bridgehead atoms. The SMILES string of the molecule is c1ccc(-c2nc3ccc4ccc5ccc6c(N(c7ccc8oc9ccccc9c8c7)c7ccc(-c8ccccc8)c8ccccc78)cccc6c5c4c3o2)cc1. The lowest BCUT2D eigenvalue weighted by atomic mass is 9.94. The zero-order chi connectivity index (χ0) is 37.5. The quantitative estimate of drug-likeness (QED) is 0.166. The van der Waals surface area contributed by atoms with Gasteiger partial charge in [-0.2, -0.15) is 0 Å². The fourth-order valence-corrected chi connectivity index (χ4v) is 8.87. The van der Waals surface area contributed by atoms with Crippen LogP contribution in [0.15, 0.2) is 203 Å². The molecular formula is C53H32N2O2. The largest absolute Gasteiger partial charge is 0.456 e. The Balaban J connectivity index is 1.16. The average Bonchev–Trinajstić information content (AvgIpc) is 3.89. The highest BCUT2D eigenvalue weighted by atomic mass is 16.3. The number of aromatic nitrogens is 1. The highest BCUT2D eigenvalue weighted by molar-refractivity contribution is 6.27. The van der Waals surface area contributed by atoms with E-state index in [2.05, 4.69) is 157 Å². The number of oxazole rings is 1. The molecule has 0 atom stereocenters. The maximum Gasteiger partial charge on any atom is 0.227 e. The number of rotatable bonds is 5. The van der Waals surface area contributed by atoms with Gasteiger partial charge < -0.3 is 13.7 Å². The Labute approximate surface area is 327 Å². The van der Waals surface area contributed by atoms with Crippen molar-refractivity contribution in [3.63, 3.8) is 0 Å². The van der Waals surface area contributed by atoms with E-state index in [1.54, 1.807) is 0 Å². The molecule has 0 N–H and O–H groups in total. The van der Waals surface area contributed by atoms with Crippen molar-refractivity contribution in [1.82, 2.24) is 4.98 Å². The van der Waals surface area contributed by atoms with E-state index in [4.69, 9.17) is 13.8 Å². The lowest BCUT2D eigenvalue weighted by molar-refractivity contribution is 0.623. The van der Waals surface area contributed by atoms with Gasteiger partial charge in [0.05, 0.1) is 11.4 Å². The van der Waals surface area contributed by atoms with Crippen molar-refractivity contribution in [3.8, 4) is 22.6 Å². The molecule has 2 aromatic heterocycles. The molecule has 0 amide bonds. The van der Waals surface area contributed by atoms with Gasteiger partial charge in [-0.15, -0.1) is 0 Å². The summed E-state index contributed by atoms with van der Waals surface area (Å²) in [5, 5.41) is 11.3. The summed E-state index contributed by atoms with van der Waals surface area (Å²) in [5.74, 6) is 0.621. The van der Waals surface area contributed by atoms with Gasteiger partial charge in [-0.05, 0) is 87.3 Å². The molecule has 0 saturated carbocycles. The summed E-state index contributed by atoms with van der Waals surface area (Å²) in [5.41, 5.74) is 9.94. The first-order valence-corrected chi connectivity index (χ1v) is 19.3. The van der Waals surface area contributed by atoms with Crippen LogP contribution in [0.5, 0.6) is 0 Å². The first-order valence-electron chi connectivity index (χ1n) is 19.3. The molecule has 12 rings (SSSR count). The molecule has 0 spiro atoms. The summed E-state index contributed by atoms with van der Waals surface area (Å²) >= 11 is 0. The number of furan rings is 1.